The van der Waals surface area contributed by atoms with Gasteiger partial charge < -0.3 is 27.0 Å². The van der Waals surface area contributed by atoms with E-state index in [1.165, 1.54) is 0 Å². The first kappa shape index (κ1) is 32.2. The van der Waals surface area contributed by atoms with Crippen LogP contribution in [0.25, 0.3) is 10.8 Å². The summed E-state index contributed by atoms with van der Waals surface area (Å²) in [6, 6.07) is 32.1. The molecule has 1 aliphatic heterocycles. The van der Waals surface area contributed by atoms with E-state index >= 15 is 0 Å². The number of carbonyl (C=O) groups is 3. The van der Waals surface area contributed by atoms with Crippen LogP contribution in [0.2, 0.25) is 0 Å². The van der Waals surface area contributed by atoms with Gasteiger partial charge in [0.1, 0.15) is 12.1 Å². The summed E-state index contributed by atoms with van der Waals surface area (Å²) in [5.74, 6) is -0.670. The van der Waals surface area contributed by atoms with Crippen LogP contribution in [0.4, 0.5) is 0 Å². The van der Waals surface area contributed by atoms with Crippen LogP contribution in [0.5, 0.6) is 0 Å². The molecule has 0 saturated carbocycles. The fourth-order valence-electron chi connectivity index (χ4n) is 6.24. The molecule has 46 heavy (non-hydrogen) atoms. The van der Waals surface area contributed by atoms with E-state index in [1.807, 2.05) is 91.0 Å². The summed E-state index contributed by atoms with van der Waals surface area (Å²) in [5.41, 5.74) is 14.1. The van der Waals surface area contributed by atoms with E-state index < -0.39 is 12.1 Å². The molecule has 4 aromatic carbocycles. The van der Waals surface area contributed by atoms with Gasteiger partial charge in [-0.3, -0.25) is 19.4 Å². The summed E-state index contributed by atoms with van der Waals surface area (Å²) in [6.07, 6.45) is 2.21. The number of nitrogens with zero attached hydrogens (tertiary/aromatic N) is 2. The molecule has 1 heterocycles. The molecule has 4 aromatic rings. The van der Waals surface area contributed by atoms with Crippen molar-refractivity contribution in [1.29, 1.82) is 0 Å². The van der Waals surface area contributed by atoms with E-state index in [9.17, 15) is 14.4 Å². The molecular formula is C37H42N6O3. The number of nitrogens with two attached hydrogens (primary N) is 2. The standard InChI is InChI=1S/C37H42N6O3/c38-37(39)40-20-10-19-32(42-34(44)23-30-17-9-16-29-15-7-8-18-31(29)30)36(46)43-25-28(21-26-11-3-1-4-12-26)22-33(43)35(45)41-24-27-13-5-2-6-14-27/h1-9,11-18,28,32-33H,10,19-25H2,(H,41,45)(H,42,44)(H4,38,39,40)/t28-,32+,33+/m1/s1. The maximum absolute atomic E-state index is 14.3. The lowest BCUT2D eigenvalue weighted by Gasteiger charge is -2.29. The zero-order valence-electron chi connectivity index (χ0n) is 26.0. The Morgan fingerprint density at radius 3 is 2.26 bits per heavy atom. The maximum Gasteiger partial charge on any atom is 0.245 e. The Kier molecular flexibility index (Phi) is 11.0. The largest absolute Gasteiger partial charge is 0.370 e. The van der Waals surface area contributed by atoms with Crippen molar-refractivity contribution in [1.82, 2.24) is 15.5 Å². The van der Waals surface area contributed by atoms with Crippen molar-refractivity contribution in [3.63, 3.8) is 0 Å². The molecule has 5 rings (SSSR count). The van der Waals surface area contributed by atoms with Crippen molar-refractivity contribution in [3.05, 3.63) is 120 Å². The fraction of sp³-hybridized carbons (Fsp3) is 0.297. The minimum Gasteiger partial charge on any atom is -0.370 e. The van der Waals surface area contributed by atoms with E-state index in [-0.39, 0.29) is 36.0 Å². The summed E-state index contributed by atoms with van der Waals surface area (Å²) >= 11 is 0. The SMILES string of the molecule is NC(N)=NCCC[C@H](NC(=O)Cc1cccc2ccccc12)C(=O)N1C[C@H](Cc2ccccc2)C[C@H]1C(=O)NCc1ccccc1. The minimum atomic E-state index is -0.837. The van der Waals surface area contributed by atoms with Crippen molar-refractivity contribution in [2.75, 3.05) is 13.1 Å². The Bertz CT molecular complexity index is 1650. The summed E-state index contributed by atoms with van der Waals surface area (Å²) in [7, 11) is 0. The number of benzene rings is 4. The third-order valence-corrected chi connectivity index (χ3v) is 8.46. The Labute approximate surface area is 270 Å². The summed E-state index contributed by atoms with van der Waals surface area (Å²) < 4.78 is 0. The van der Waals surface area contributed by atoms with Gasteiger partial charge in [-0.25, -0.2) is 0 Å². The number of nitrogens with one attached hydrogen (secondary N) is 2. The highest BCUT2D eigenvalue weighted by atomic mass is 16.2. The van der Waals surface area contributed by atoms with Crippen LogP contribution >= 0.6 is 0 Å². The van der Waals surface area contributed by atoms with Gasteiger partial charge in [0, 0.05) is 19.6 Å². The first-order chi connectivity index (χ1) is 22.4. The van der Waals surface area contributed by atoms with Crippen LogP contribution < -0.4 is 22.1 Å². The summed E-state index contributed by atoms with van der Waals surface area (Å²) in [4.78, 5) is 47.1. The molecule has 1 fully saturated rings. The molecule has 3 amide bonds. The van der Waals surface area contributed by atoms with E-state index in [0.29, 0.717) is 38.9 Å². The van der Waals surface area contributed by atoms with Gasteiger partial charge in [0.25, 0.3) is 0 Å². The Balaban J connectivity index is 1.34. The lowest BCUT2D eigenvalue weighted by molar-refractivity contribution is -0.141. The van der Waals surface area contributed by atoms with Crippen molar-refractivity contribution >= 4 is 34.5 Å². The first-order valence-electron chi connectivity index (χ1n) is 15.8. The highest BCUT2D eigenvalue weighted by Crippen LogP contribution is 2.28. The number of fused-ring (bicyclic) bond motifs is 1. The number of carbonyl (C=O) groups excluding carboxylic acids is 3. The molecule has 1 saturated heterocycles. The summed E-state index contributed by atoms with van der Waals surface area (Å²) in [6.45, 7) is 1.11. The third-order valence-electron chi connectivity index (χ3n) is 8.46. The zero-order chi connectivity index (χ0) is 32.3. The maximum atomic E-state index is 14.3. The smallest absolute Gasteiger partial charge is 0.245 e. The lowest BCUT2D eigenvalue weighted by atomic mass is 9.96. The molecule has 0 bridgehead atoms. The lowest BCUT2D eigenvalue weighted by Crippen LogP contribution is -2.53. The van der Waals surface area contributed by atoms with E-state index in [4.69, 9.17) is 11.5 Å². The molecule has 6 N–H and O–H groups in total. The number of hydrogen-bond acceptors (Lipinski definition) is 4. The fourth-order valence-corrected chi connectivity index (χ4v) is 6.24. The quantitative estimate of drug-likeness (QED) is 0.103. The van der Waals surface area contributed by atoms with E-state index in [0.717, 1.165) is 33.9 Å². The average molecular weight is 619 g/mol. The van der Waals surface area contributed by atoms with Crippen molar-refractivity contribution in [3.8, 4) is 0 Å². The molecule has 9 heteroatoms. The molecule has 0 aromatic heterocycles. The van der Waals surface area contributed by atoms with Crippen LogP contribution in [-0.2, 0) is 33.8 Å². The molecule has 0 radical (unpaired) electrons. The Hall–Kier alpha value is -5.18. The average Bonchev–Trinajstić information content (AvgIpc) is 3.49. The Morgan fingerprint density at radius 2 is 1.52 bits per heavy atom. The highest BCUT2D eigenvalue weighted by Gasteiger charge is 2.41. The van der Waals surface area contributed by atoms with Crippen LogP contribution in [-0.4, -0.2) is 53.8 Å². The number of amides is 3. The second-order valence-electron chi connectivity index (χ2n) is 11.9. The molecule has 238 valence electrons. The number of hydrogen-bond donors (Lipinski definition) is 4. The molecular weight excluding hydrogens is 576 g/mol. The monoisotopic (exact) mass is 618 g/mol. The number of likely N-dealkylation sites (tertiary alicyclic amines) is 1. The topological polar surface area (TPSA) is 143 Å². The van der Waals surface area contributed by atoms with Gasteiger partial charge >= 0.3 is 0 Å². The number of aliphatic imine (C=N–C) groups is 1. The minimum absolute atomic E-state index is 0.0266. The van der Waals surface area contributed by atoms with Gasteiger partial charge in [0.15, 0.2) is 5.96 Å². The van der Waals surface area contributed by atoms with Crippen molar-refractivity contribution in [2.24, 2.45) is 22.4 Å². The van der Waals surface area contributed by atoms with Crippen LogP contribution in [0.3, 0.4) is 0 Å². The predicted molar refractivity (Wildman–Crippen MR) is 182 cm³/mol. The van der Waals surface area contributed by atoms with Gasteiger partial charge in [0.2, 0.25) is 17.7 Å². The molecule has 9 nitrogen and oxygen atoms in total. The van der Waals surface area contributed by atoms with E-state index in [1.54, 1.807) is 4.90 Å². The van der Waals surface area contributed by atoms with E-state index in [2.05, 4.69) is 27.8 Å². The molecule has 1 aliphatic rings. The van der Waals surface area contributed by atoms with Crippen LogP contribution in [0, 0.1) is 5.92 Å². The van der Waals surface area contributed by atoms with Gasteiger partial charge in [-0.15, -0.1) is 0 Å². The highest BCUT2D eigenvalue weighted by molar-refractivity contribution is 5.94. The van der Waals surface area contributed by atoms with Gasteiger partial charge in [-0.1, -0.05) is 103 Å². The predicted octanol–water partition coefficient (Wildman–Crippen LogP) is 3.70. The molecule has 0 unspecified atom stereocenters. The molecule has 3 atom stereocenters. The molecule has 0 spiro atoms. The Morgan fingerprint density at radius 1 is 0.848 bits per heavy atom. The zero-order valence-corrected chi connectivity index (χ0v) is 26.0. The van der Waals surface area contributed by atoms with Crippen LogP contribution in [0.15, 0.2) is 108 Å². The van der Waals surface area contributed by atoms with Gasteiger partial charge in [-0.05, 0) is 59.1 Å². The summed E-state index contributed by atoms with van der Waals surface area (Å²) in [5, 5.41) is 8.08. The van der Waals surface area contributed by atoms with Crippen molar-refractivity contribution in [2.45, 2.75) is 50.7 Å². The second-order valence-corrected chi connectivity index (χ2v) is 11.9. The van der Waals surface area contributed by atoms with Gasteiger partial charge in [-0.2, -0.15) is 0 Å². The molecule has 0 aliphatic carbocycles. The normalized spacial score (nSPS) is 16.5. The second kappa shape index (κ2) is 15.7. The van der Waals surface area contributed by atoms with Crippen LogP contribution in [0.1, 0.15) is 36.0 Å². The van der Waals surface area contributed by atoms with Gasteiger partial charge in [0.05, 0.1) is 6.42 Å². The number of guanidine groups is 1. The van der Waals surface area contributed by atoms with Crippen molar-refractivity contribution < 1.29 is 14.4 Å². The number of rotatable bonds is 13. The first-order valence-corrected chi connectivity index (χ1v) is 15.8. The third kappa shape index (κ3) is 8.72.